The van der Waals surface area contributed by atoms with E-state index in [0.717, 1.165) is 11.3 Å². The Bertz CT molecular complexity index is 441. The van der Waals surface area contributed by atoms with Crippen molar-refractivity contribution in [3.8, 4) is 0 Å². The van der Waals surface area contributed by atoms with E-state index in [2.05, 4.69) is 5.32 Å². The second-order valence-corrected chi connectivity index (χ2v) is 5.69. The maximum Gasteiger partial charge on any atom is 0.311 e. The van der Waals surface area contributed by atoms with Gasteiger partial charge < -0.3 is 10.4 Å². The number of rotatable bonds is 6. The van der Waals surface area contributed by atoms with Gasteiger partial charge in [0.05, 0.1) is 10.3 Å². The van der Waals surface area contributed by atoms with Gasteiger partial charge in [0.2, 0.25) is 0 Å². The second kappa shape index (κ2) is 6.00. The van der Waals surface area contributed by atoms with Gasteiger partial charge in [0.25, 0.3) is 5.91 Å². The Hall–Kier alpha value is -1.36. The van der Waals surface area contributed by atoms with Crippen molar-refractivity contribution >= 4 is 23.2 Å². The van der Waals surface area contributed by atoms with E-state index in [4.69, 9.17) is 5.11 Å². The number of amides is 1. The molecule has 5 heteroatoms. The molecule has 0 bridgehead atoms. The van der Waals surface area contributed by atoms with E-state index in [1.54, 1.807) is 19.9 Å². The van der Waals surface area contributed by atoms with Gasteiger partial charge in [-0.3, -0.25) is 9.59 Å². The number of carbonyl (C=O) groups excluding carboxylic acids is 1. The first kappa shape index (κ1) is 14.7. The maximum absolute atomic E-state index is 11.9. The van der Waals surface area contributed by atoms with Crippen LogP contribution in [0, 0.1) is 5.41 Å². The Labute approximate surface area is 111 Å². The highest BCUT2D eigenvalue weighted by atomic mass is 32.1. The highest BCUT2D eigenvalue weighted by Gasteiger charge is 2.31. The van der Waals surface area contributed by atoms with E-state index >= 15 is 0 Å². The first-order valence-corrected chi connectivity index (χ1v) is 6.85. The summed E-state index contributed by atoms with van der Waals surface area (Å²) in [5.41, 5.74) is -0.902. The molecule has 1 atom stereocenters. The zero-order valence-electron chi connectivity index (χ0n) is 10.9. The van der Waals surface area contributed by atoms with Gasteiger partial charge in [-0.2, -0.15) is 0 Å². The third-order valence-corrected chi connectivity index (χ3v) is 4.40. The number of carboxylic acids is 1. The number of hydrogen-bond donors (Lipinski definition) is 2. The first-order chi connectivity index (χ1) is 8.42. The summed E-state index contributed by atoms with van der Waals surface area (Å²) in [5.74, 6) is -1.08. The lowest BCUT2D eigenvalue weighted by atomic mass is 9.88. The van der Waals surface area contributed by atoms with Crippen molar-refractivity contribution in [3.05, 3.63) is 21.9 Å². The van der Waals surface area contributed by atoms with E-state index in [1.165, 1.54) is 11.3 Å². The molecule has 4 nitrogen and oxygen atoms in total. The van der Waals surface area contributed by atoms with Crippen molar-refractivity contribution in [1.29, 1.82) is 0 Å². The molecule has 1 aromatic rings. The molecule has 0 fully saturated rings. The Morgan fingerprint density at radius 3 is 2.50 bits per heavy atom. The summed E-state index contributed by atoms with van der Waals surface area (Å²) in [6, 6.07) is 3.71. The lowest BCUT2D eigenvalue weighted by Crippen LogP contribution is -2.40. The van der Waals surface area contributed by atoms with E-state index in [-0.39, 0.29) is 12.5 Å². The van der Waals surface area contributed by atoms with Gasteiger partial charge in [-0.25, -0.2) is 0 Å². The van der Waals surface area contributed by atoms with Crippen LogP contribution in [-0.2, 0) is 11.2 Å². The lowest BCUT2D eigenvalue weighted by Gasteiger charge is -2.22. The standard InChI is InChI=1S/C13H19NO3S/c1-4-9-6-7-10(18-9)11(15)14-8-13(3,5-2)12(16)17/h6-7H,4-5,8H2,1-3H3,(H,14,15)(H,16,17). The van der Waals surface area contributed by atoms with Crippen LogP contribution in [0.25, 0.3) is 0 Å². The van der Waals surface area contributed by atoms with Crippen LogP contribution in [0.4, 0.5) is 0 Å². The van der Waals surface area contributed by atoms with Crippen LogP contribution in [-0.4, -0.2) is 23.5 Å². The highest BCUT2D eigenvalue weighted by molar-refractivity contribution is 7.14. The van der Waals surface area contributed by atoms with Crippen molar-refractivity contribution in [3.63, 3.8) is 0 Å². The third kappa shape index (κ3) is 3.32. The first-order valence-electron chi connectivity index (χ1n) is 6.03. The molecule has 0 aliphatic heterocycles. The molecule has 100 valence electrons. The Morgan fingerprint density at radius 1 is 1.39 bits per heavy atom. The molecule has 0 aliphatic carbocycles. The van der Waals surface area contributed by atoms with Gasteiger partial charge in [0, 0.05) is 11.4 Å². The molecule has 0 radical (unpaired) electrons. The summed E-state index contributed by atoms with van der Waals surface area (Å²) in [6.07, 6.45) is 1.38. The molecule has 18 heavy (non-hydrogen) atoms. The summed E-state index contributed by atoms with van der Waals surface area (Å²) in [4.78, 5) is 24.8. The quantitative estimate of drug-likeness (QED) is 0.834. The molecular weight excluding hydrogens is 250 g/mol. The van der Waals surface area contributed by atoms with E-state index in [9.17, 15) is 9.59 Å². The average Bonchev–Trinajstić information content (AvgIpc) is 2.84. The molecule has 0 saturated heterocycles. The topological polar surface area (TPSA) is 66.4 Å². The van der Waals surface area contributed by atoms with Crippen LogP contribution in [0.3, 0.4) is 0 Å². The van der Waals surface area contributed by atoms with Crippen molar-refractivity contribution in [1.82, 2.24) is 5.32 Å². The van der Waals surface area contributed by atoms with Gasteiger partial charge >= 0.3 is 5.97 Å². The molecule has 1 rings (SSSR count). The lowest BCUT2D eigenvalue weighted by molar-refractivity contribution is -0.147. The summed E-state index contributed by atoms with van der Waals surface area (Å²) < 4.78 is 0. The van der Waals surface area contributed by atoms with Crippen LogP contribution in [0.15, 0.2) is 12.1 Å². The average molecular weight is 269 g/mol. The predicted molar refractivity (Wildman–Crippen MR) is 72.1 cm³/mol. The minimum Gasteiger partial charge on any atom is -0.481 e. The van der Waals surface area contributed by atoms with Gasteiger partial charge in [-0.05, 0) is 31.9 Å². The van der Waals surface area contributed by atoms with E-state index in [1.807, 2.05) is 13.0 Å². The van der Waals surface area contributed by atoms with E-state index in [0.29, 0.717) is 11.3 Å². The smallest absolute Gasteiger partial charge is 0.311 e. The molecule has 0 saturated carbocycles. The SMILES string of the molecule is CCc1ccc(C(=O)NCC(C)(CC)C(=O)O)s1. The number of carboxylic acid groups (broad SMARTS) is 1. The Balaban J connectivity index is 2.63. The number of aliphatic carboxylic acids is 1. The van der Waals surface area contributed by atoms with Gasteiger partial charge in [-0.15, -0.1) is 11.3 Å². The minimum atomic E-state index is -0.902. The van der Waals surface area contributed by atoms with Crippen LogP contribution in [0.2, 0.25) is 0 Å². The van der Waals surface area contributed by atoms with Crippen LogP contribution in [0.1, 0.15) is 41.7 Å². The summed E-state index contributed by atoms with van der Waals surface area (Å²) in [7, 11) is 0. The Kier molecular flexibility index (Phi) is 4.90. The van der Waals surface area contributed by atoms with Crippen molar-refractivity contribution in [2.45, 2.75) is 33.6 Å². The van der Waals surface area contributed by atoms with Gasteiger partial charge in [0.15, 0.2) is 0 Å². The molecule has 1 heterocycles. The van der Waals surface area contributed by atoms with E-state index < -0.39 is 11.4 Å². The number of aryl methyl sites for hydroxylation is 1. The molecule has 0 aromatic carbocycles. The Morgan fingerprint density at radius 2 is 2.06 bits per heavy atom. The monoisotopic (exact) mass is 269 g/mol. The number of hydrogen-bond acceptors (Lipinski definition) is 3. The predicted octanol–water partition coefficient (Wildman–Crippen LogP) is 2.54. The van der Waals surface area contributed by atoms with Crippen molar-refractivity contribution in [2.75, 3.05) is 6.54 Å². The second-order valence-electron chi connectivity index (χ2n) is 4.52. The van der Waals surface area contributed by atoms with Gasteiger partial charge in [0.1, 0.15) is 0 Å². The molecule has 1 amide bonds. The fraction of sp³-hybridized carbons (Fsp3) is 0.538. The van der Waals surface area contributed by atoms with Crippen LogP contribution in [0.5, 0.6) is 0 Å². The van der Waals surface area contributed by atoms with Crippen molar-refractivity contribution < 1.29 is 14.7 Å². The third-order valence-electron chi connectivity index (χ3n) is 3.17. The number of nitrogens with one attached hydrogen (secondary N) is 1. The fourth-order valence-electron chi connectivity index (χ4n) is 1.40. The van der Waals surface area contributed by atoms with Crippen LogP contribution < -0.4 is 5.32 Å². The summed E-state index contributed by atoms with van der Waals surface area (Å²) >= 11 is 1.45. The zero-order valence-corrected chi connectivity index (χ0v) is 11.8. The van der Waals surface area contributed by atoms with Gasteiger partial charge in [-0.1, -0.05) is 13.8 Å². The van der Waals surface area contributed by atoms with Crippen LogP contribution >= 0.6 is 11.3 Å². The fourth-order valence-corrected chi connectivity index (χ4v) is 2.27. The minimum absolute atomic E-state index is 0.150. The highest BCUT2D eigenvalue weighted by Crippen LogP contribution is 2.21. The molecular formula is C13H19NO3S. The molecule has 0 aliphatic rings. The summed E-state index contributed by atoms with van der Waals surface area (Å²) in [6.45, 7) is 5.63. The normalized spacial score (nSPS) is 13.9. The van der Waals surface area contributed by atoms with Crippen molar-refractivity contribution in [2.24, 2.45) is 5.41 Å². The molecule has 2 N–H and O–H groups in total. The maximum atomic E-state index is 11.9. The summed E-state index contributed by atoms with van der Waals surface area (Å²) in [5, 5.41) is 11.8. The molecule has 1 unspecified atom stereocenters. The molecule has 1 aromatic heterocycles. The zero-order chi connectivity index (χ0) is 13.8. The largest absolute Gasteiger partial charge is 0.481 e. The number of carbonyl (C=O) groups is 2. The number of thiophene rings is 1. The molecule has 0 spiro atoms.